The first kappa shape index (κ1) is 13.7. The lowest BCUT2D eigenvalue weighted by Gasteiger charge is -2.19. The van der Waals surface area contributed by atoms with E-state index in [1.807, 2.05) is 0 Å². The van der Waals surface area contributed by atoms with Crippen LogP contribution in [0.2, 0.25) is 0 Å². The van der Waals surface area contributed by atoms with Gasteiger partial charge in [-0.25, -0.2) is 4.39 Å². The van der Waals surface area contributed by atoms with E-state index < -0.39 is 24.2 Å². The summed E-state index contributed by atoms with van der Waals surface area (Å²) in [6.45, 7) is 2.84. The maximum atomic E-state index is 13.5. The summed E-state index contributed by atoms with van der Waals surface area (Å²) in [6, 6.07) is 3.05. The number of benzene rings is 1. The maximum Gasteiger partial charge on any atom is 0.323 e. The van der Waals surface area contributed by atoms with Crippen LogP contribution < -0.4 is 0 Å². The lowest BCUT2D eigenvalue weighted by molar-refractivity contribution is -0.137. The van der Waals surface area contributed by atoms with Gasteiger partial charge in [-0.3, -0.25) is 9.59 Å². The highest BCUT2D eigenvalue weighted by Crippen LogP contribution is 2.16. The molecule has 0 saturated heterocycles. The number of aliphatic carboxylic acids is 1. The molecule has 5 nitrogen and oxygen atoms in total. The van der Waals surface area contributed by atoms with E-state index in [-0.39, 0.29) is 17.9 Å². The third-order valence-corrected chi connectivity index (χ3v) is 2.15. The van der Waals surface area contributed by atoms with Gasteiger partial charge in [-0.15, -0.1) is 6.58 Å². The zero-order chi connectivity index (χ0) is 13.7. The van der Waals surface area contributed by atoms with Crippen molar-refractivity contribution < 1.29 is 24.2 Å². The lowest BCUT2D eigenvalue weighted by Crippen LogP contribution is -2.36. The Morgan fingerprint density at radius 2 is 2.11 bits per heavy atom. The summed E-state index contributed by atoms with van der Waals surface area (Å²) in [6.07, 6.45) is 1.35. The highest BCUT2D eigenvalue weighted by molar-refractivity contribution is 5.96. The smallest absolute Gasteiger partial charge is 0.323 e. The van der Waals surface area contributed by atoms with Crippen molar-refractivity contribution >= 4 is 11.9 Å². The Hall–Kier alpha value is -2.37. The second kappa shape index (κ2) is 5.81. The molecule has 1 rings (SSSR count). The van der Waals surface area contributed by atoms with Crippen LogP contribution in [0.1, 0.15) is 10.4 Å². The molecule has 0 aromatic heterocycles. The maximum absolute atomic E-state index is 13.5. The minimum atomic E-state index is -1.20. The Kier molecular flexibility index (Phi) is 4.42. The molecule has 96 valence electrons. The summed E-state index contributed by atoms with van der Waals surface area (Å²) in [5, 5.41) is 17.7. The lowest BCUT2D eigenvalue weighted by atomic mass is 10.1. The fourth-order valence-corrected chi connectivity index (χ4v) is 1.39. The van der Waals surface area contributed by atoms with Gasteiger partial charge in [-0.2, -0.15) is 0 Å². The van der Waals surface area contributed by atoms with E-state index in [9.17, 15) is 14.0 Å². The fourth-order valence-electron chi connectivity index (χ4n) is 1.39. The normalized spacial score (nSPS) is 9.83. The Labute approximate surface area is 103 Å². The predicted molar refractivity (Wildman–Crippen MR) is 61.8 cm³/mol. The minimum Gasteiger partial charge on any atom is -0.508 e. The molecule has 1 aromatic rings. The second-order valence-corrected chi connectivity index (χ2v) is 3.53. The van der Waals surface area contributed by atoms with Crippen molar-refractivity contribution in [3.8, 4) is 5.75 Å². The third-order valence-electron chi connectivity index (χ3n) is 2.15. The number of hydrogen-bond donors (Lipinski definition) is 2. The van der Waals surface area contributed by atoms with Gasteiger partial charge in [-0.1, -0.05) is 6.08 Å². The first-order valence-electron chi connectivity index (χ1n) is 5.06. The molecule has 0 saturated carbocycles. The van der Waals surface area contributed by atoms with Gasteiger partial charge in [0.15, 0.2) is 0 Å². The number of carboxylic acids is 1. The van der Waals surface area contributed by atoms with Gasteiger partial charge in [0.05, 0.1) is 5.56 Å². The van der Waals surface area contributed by atoms with Gasteiger partial charge < -0.3 is 15.1 Å². The Morgan fingerprint density at radius 3 is 2.61 bits per heavy atom. The average molecular weight is 253 g/mol. The molecule has 1 amide bonds. The van der Waals surface area contributed by atoms with Crippen LogP contribution >= 0.6 is 0 Å². The second-order valence-electron chi connectivity index (χ2n) is 3.53. The fraction of sp³-hybridized carbons (Fsp3) is 0.167. The predicted octanol–water partition coefficient (Wildman–Crippen LogP) is 1.24. The van der Waals surface area contributed by atoms with Crippen molar-refractivity contribution in [1.29, 1.82) is 0 Å². The molecule has 0 heterocycles. The summed E-state index contributed by atoms with van der Waals surface area (Å²) >= 11 is 0. The third kappa shape index (κ3) is 3.31. The molecule has 0 unspecified atom stereocenters. The number of phenolic OH excluding ortho intramolecular Hbond substituents is 1. The van der Waals surface area contributed by atoms with Gasteiger partial charge in [0, 0.05) is 12.6 Å². The Bertz CT molecular complexity index is 487. The molecule has 6 heteroatoms. The number of carbonyl (C=O) groups is 2. The summed E-state index contributed by atoms with van der Waals surface area (Å²) in [5.74, 6) is -3.18. The summed E-state index contributed by atoms with van der Waals surface area (Å²) in [7, 11) is 0. The van der Waals surface area contributed by atoms with Gasteiger partial charge in [-0.05, 0) is 12.1 Å². The number of rotatable bonds is 5. The van der Waals surface area contributed by atoms with E-state index in [2.05, 4.69) is 6.58 Å². The van der Waals surface area contributed by atoms with Crippen LogP contribution in [0, 0.1) is 5.82 Å². The van der Waals surface area contributed by atoms with E-state index in [1.54, 1.807) is 0 Å². The van der Waals surface area contributed by atoms with E-state index in [1.165, 1.54) is 6.08 Å². The molecule has 18 heavy (non-hydrogen) atoms. The zero-order valence-electron chi connectivity index (χ0n) is 9.47. The molecule has 2 N–H and O–H groups in total. The minimum absolute atomic E-state index is 0.00848. The van der Waals surface area contributed by atoms with Crippen LogP contribution in [0.3, 0.4) is 0 Å². The van der Waals surface area contributed by atoms with Crippen LogP contribution in [-0.4, -0.2) is 40.1 Å². The zero-order valence-corrected chi connectivity index (χ0v) is 9.47. The van der Waals surface area contributed by atoms with Gasteiger partial charge in [0.2, 0.25) is 0 Å². The molecular formula is C12H12FNO4. The summed E-state index contributed by atoms with van der Waals surface area (Å²) < 4.78 is 13.5. The quantitative estimate of drug-likeness (QED) is 0.774. The van der Waals surface area contributed by atoms with Crippen molar-refractivity contribution in [1.82, 2.24) is 4.90 Å². The van der Waals surface area contributed by atoms with Crippen molar-refractivity contribution in [3.63, 3.8) is 0 Å². The van der Waals surface area contributed by atoms with Crippen LogP contribution in [0.15, 0.2) is 30.9 Å². The van der Waals surface area contributed by atoms with Gasteiger partial charge in [0.1, 0.15) is 18.1 Å². The molecule has 0 aliphatic rings. The first-order valence-corrected chi connectivity index (χ1v) is 5.06. The van der Waals surface area contributed by atoms with Crippen LogP contribution in [0.25, 0.3) is 0 Å². The average Bonchev–Trinajstić information content (AvgIpc) is 2.27. The number of nitrogens with zero attached hydrogens (tertiary/aromatic N) is 1. The Morgan fingerprint density at radius 1 is 1.44 bits per heavy atom. The number of halogens is 1. The number of aromatic hydroxyl groups is 1. The Balaban J connectivity index is 3.01. The molecule has 0 radical (unpaired) electrons. The number of carbonyl (C=O) groups excluding carboxylic acids is 1. The molecule has 0 aliphatic heterocycles. The van der Waals surface area contributed by atoms with Crippen molar-refractivity contribution in [2.24, 2.45) is 0 Å². The molecular weight excluding hydrogens is 241 g/mol. The van der Waals surface area contributed by atoms with Crippen molar-refractivity contribution in [2.45, 2.75) is 0 Å². The van der Waals surface area contributed by atoms with E-state index in [0.29, 0.717) is 0 Å². The molecule has 0 atom stereocenters. The standard InChI is InChI=1S/C12H12FNO4/c1-2-5-14(7-11(16)17)12(18)9-4-3-8(15)6-10(9)13/h2-4,6,15H,1,5,7H2,(H,16,17). The largest absolute Gasteiger partial charge is 0.508 e. The number of carboxylic acid groups (broad SMARTS) is 1. The summed E-state index contributed by atoms with van der Waals surface area (Å²) in [5.41, 5.74) is -0.295. The molecule has 0 aliphatic carbocycles. The van der Waals surface area contributed by atoms with Crippen molar-refractivity contribution in [2.75, 3.05) is 13.1 Å². The molecule has 0 bridgehead atoms. The van der Waals surface area contributed by atoms with Gasteiger partial charge >= 0.3 is 5.97 Å². The highest BCUT2D eigenvalue weighted by atomic mass is 19.1. The van der Waals surface area contributed by atoms with Crippen LogP contribution in [0.5, 0.6) is 5.75 Å². The topological polar surface area (TPSA) is 77.8 Å². The molecule has 1 aromatic carbocycles. The van der Waals surface area contributed by atoms with Crippen molar-refractivity contribution in [3.05, 3.63) is 42.2 Å². The SMILES string of the molecule is C=CCN(CC(=O)O)C(=O)c1ccc(O)cc1F. The van der Waals surface area contributed by atoms with E-state index >= 15 is 0 Å². The molecule has 0 spiro atoms. The number of hydrogen-bond acceptors (Lipinski definition) is 3. The van der Waals surface area contributed by atoms with Crippen LogP contribution in [-0.2, 0) is 4.79 Å². The first-order chi connectivity index (χ1) is 8.45. The van der Waals surface area contributed by atoms with E-state index in [0.717, 1.165) is 23.1 Å². The summed E-state index contributed by atoms with van der Waals surface area (Å²) in [4.78, 5) is 23.4. The van der Waals surface area contributed by atoms with Crippen LogP contribution in [0.4, 0.5) is 4.39 Å². The number of phenols is 1. The monoisotopic (exact) mass is 253 g/mol. The number of amides is 1. The highest BCUT2D eigenvalue weighted by Gasteiger charge is 2.20. The molecule has 0 fully saturated rings. The van der Waals surface area contributed by atoms with Gasteiger partial charge in [0.25, 0.3) is 5.91 Å². The van der Waals surface area contributed by atoms with E-state index in [4.69, 9.17) is 10.2 Å².